The summed E-state index contributed by atoms with van der Waals surface area (Å²) in [5, 5.41) is 3.60. The van der Waals surface area contributed by atoms with Gasteiger partial charge in [0.05, 0.1) is 0 Å². The highest BCUT2D eigenvalue weighted by Gasteiger charge is 2.30. The van der Waals surface area contributed by atoms with Crippen LogP contribution in [0.4, 0.5) is 0 Å². The Bertz CT molecular complexity index is 1120. The second-order valence-corrected chi connectivity index (χ2v) is 9.56. The van der Waals surface area contributed by atoms with Crippen LogP contribution in [0.25, 0.3) is 0 Å². The molecule has 1 N–H and O–H groups in total. The highest BCUT2D eigenvalue weighted by molar-refractivity contribution is 6.30. The summed E-state index contributed by atoms with van der Waals surface area (Å²) < 4.78 is 6.02. The Morgan fingerprint density at radius 2 is 1.58 bits per heavy atom. The molecular weight excluding hydrogens is 472 g/mol. The number of carbonyl (C=O) groups excluding carboxylic acids is 2. The molecule has 0 saturated heterocycles. The topological polar surface area (TPSA) is 58.6 Å². The van der Waals surface area contributed by atoms with Crippen LogP contribution in [0.1, 0.15) is 49.8 Å². The standard InChI is InChI=1S/C30H35ClN2O3/c1-4-18-32-30(35)27(19-23-10-6-5-7-11-23)33(20-24-14-16-25(31)17-15-24)29(34)21-36-28-13-9-8-12-26(28)22(2)3/h5-17,22,27H,4,18-21H2,1-3H3,(H,32,35). The Balaban J connectivity index is 1.90. The van der Waals surface area contributed by atoms with Gasteiger partial charge in [-0.1, -0.05) is 93.0 Å². The molecule has 2 amide bonds. The molecule has 3 aromatic rings. The molecule has 0 fully saturated rings. The molecule has 0 radical (unpaired) electrons. The first-order valence-electron chi connectivity index (χ1n) is 12.5. The molecule has 0 aliphatic heterocycles. The van der Waals surface area contributed by atoms with Crippen molar-refractivity contribution in [1.82, 2.24) is 10.2 Å². The normalized spacial score (nSPS) is 11.7. The van der Waals surface area contributed by atoms with E-state index in [0.29, 0.717) is 23.7 Å². The average molecular weight is 507 g/mol. The van der Waals surface area contributed by atoms with E-state index in [1.54, 1.807) is 17.0 Å². The first-order valence-corrected chi connectivity index (χ1v) is 12.8. The summed E-state index contributed by atoms with van der Waals surface area (Å²) in [4.78, 5) is 28.6. The highest BCUT2D eigenvalue weighted by atomic mass is 35.5. The number of rotatable bonds is 12. The van der Waals surface area contributed by atoms with Crippen LogP contribution in [0.15, 0.2) is 78.9 Å². The number of benzene rings is 3. The number of hydrogen-bond acceptors (Lipinski definition) is 3. The molecular formula is C30H35ClN2O3. The Hall–Kier alpha value is -3.31. The maximum atomic E-state index is 13.7. The molecule has 0 aliphatic carbocycles. The van der Waals surface area contributed by atoms with Gasteiger partial charge in [0.2, 0.25) is 5.91 Å². The Labute approximate surface area is 219 Å². The van der Waals surface area contributed by atoms with Crippen molar-refractivity contribution in [3.8, 4) is 5.75 Å². The van der Waals surface area contributed by atoms with Crippen molar-refractivity contribution >= 4 is 23.4 Å². The van der Waals surface area contributed by atoms with Gasteiger partial charge in [-0.15, -0.1) is 0 Å². The molecule has 190 valence electrons. The van der Waals surface area contributed by atoms with E-state index < -0.39 is 6.04 Å². The number of nitrogens with one attached hydrogen (secondary N) is 1. The molecule has 0 aromatic heterocycles. The fourth-order valence-corrected chi connectivity index (χ4v) is 4.14. The minimum Gasteiger partial charge on any atom is -0.483 e. The first kappa shape index (κ1) is 27.3. The van der Waals surface area contributed by atoms with Gasteiger partial charge in [-0.2, -0.15) is 0 Å². The lowest BCUT2D eigenvalue weighted by molar-refractivity contribution is -0.142. The van der Waals surface area contributed by atoms with E-state index in [-0.39, 0.29) is 30.9 Å². The number of nitrogens with zero attached hydrogens (tertiary/aromatic N) is 1. The van der Waals surface area contributed by atoms with Crippen LogP contribution in [0.3, 0.4) is 0 Å². The van der Waals surface area contributed by atoms with Crippen molar-refractivity contribution in [3.63, 3.8) is 0 Å². The minimum absolute atomic E-state index is 0.163. The van der Waals surface area contributed by atoms with Crippen LogP contribution in [-0.2, 0) is 22.6 Å². The van der Waals surface area contributed by atoms with Crippen LogP contribution in [0.5, 0.6) is 5.75 Å². The van der Waals surface area contributed by atoms with E-state index in [2.05, 4.69) is 19.2 Å². The average Bonchev–Trinajstić information content (AvgIpc) is 2.89. The number of halogens is 1. The Morgan fingerprint density at radius 3 is 2.25 bits per heavy atom. The molecule has 0 bridgehead atoms. The third kappa shape index (κ3) is 7.85. The summed E-state index contributed by atoms with van der Waals surface area (Å²) in [7, 11) is 0. The van der Waals surface area contributed by atoms with Crippen LogP contribution in [-0.4, -0.2) is 35.9 Å². The molecule has 0 spiro atoms. The summed E-state index contributed by atoms with van der Waals surface area (Å²) >= 11 is 6.08. The monoisotopic (exact) mass is 506 g/mol. The van der Waals surface area contributed by atoms with Crippen LogP contribution in [0.2, 0.25) is 5.02 Å². The van der Waals surface area contributed by atoms with Crippen molar-refractivity contribution in [3.05, 3.63) is 101 Å². The van der Waals surface area contributed by atoms with Crippen molar-refractivity contribution in [2.75, 3.05) is 13.2 Å². The number of hydrogen-bond donors (Lipinski definition) is 1. The lowest BCUT2D eigenvalue weighted by Gasteiger charge is -2.31. The predicted octanol–water partition coefficient (Wildman–Crippen LogP) is 6.01. The van der Waals surface area contributed by atoms with Gasteiger partial charge >= 0.3 is 0 Å². The van der Waals surface area contributed by atoms with Crippen LogP contribution >= 0.6 is 11.6 Å². The fourth-order valence-electron chi connectivity index (χ4n) is 4.02. The van der Waals surface area contributed by atoms with Gasteiger partial charge in [0.15, 0.2) is 6.61 Å². The maximum Gasteiger partial charge on any atom is 0.261 e. The molecule has 6 heteroatoms. The van der Waals surface area contributed by atoms with E-state index in [1.165, 1.54) is 0 Å². The summed E-state index contributed by atoms with van der Waals surface area (Å²) in [6.45, 7) is 6.83. The van der Waals surface area contributed by atoms with Gasteiger partial charge in [-0.25, -0.2) is 0 Å². The van der Waals surface area contributed by atoms with Gasteiger partial charge < -0.3 is 15.0 Å². The molecule has 0 heterocycles. The summed E-state index contributed by atoms with van der Waals surface area (Å²) in [6, 6.07) is 24.1. The van der Waals surface area contributed by atoms with Gasteiger partial charge in [-0.3, -0.25) is 9.59 Å². The van der Waals surface area contributed by atoms with E-state index in [4.69, 9.17) is 16.3 Å². The molecule has 3 rings (SSSR count). The third-order valence-electron chi connectivity index (χ3n) is 5.98. The van der Waals surface area contributed by atoms with E-state index in [9.17, 15) is 9.59 Å². The lowest BCUT2D eigenvalue weighted by Crippen LogP contribution is -2.51. The quantitative estimate of drug-likeness (QED) is 0.327. The molecule has 1 atom stereocenters. The zero-order chi connectivity index (χ0) is 25.9. The zero-order valence-electron chi connectivity index (χ0n) is 21.2. The van der Waals surface area contributed by atoms with E-state index in [0.717, 1.165) is 23.1 Å². The Morgan fingerprint density at radius 1 is 0.917 bits per heavy atom. The Kier molecular flexibility index (Phi) is 10.4. The fraction of sp³-hybridized carbons (Fsp3) is 0.333. The zero-order valence-corrected chi connectivity index (χ0v) is 22.0. The maximum absolute atomic E-state index is 13.7. The number of ether oxygens (including phenoxy) is 1. The molecule has 0 saturated carbocycles. The number of amides is 2. The van der Waals surface area contributed by atoms with Crippen LogP contribution < -0.4 is 10.1 Å². The first-order chi connectivity index (χ1) is 17.4. The van der Waals surface area contributed by atoms with Crippen molar-refractivity contribution in [1.29, 1.82) is 0 Å². The molecule has 36 heavy (non-hydrogen) atoms. The van der Waals surface area contributed by atoms with Gasteiger partial charge in [-0.05, 0) is 47.2 Å². The second kappa shape index (κ2) is 13.7. The SMILES string of the molecule is CCCNC(=O)C(Cc1ccccc1)N(Cc1ccc(Cl)cc1)C(=O)COc1ccccc1C(C)C. The highest BCUT2D eigenvalue weighted by Crippen LogP contribution is 2.26. The largest absolute Gasteiger partial charge is 0.483 e. The smallest absolute Gasteiger partial charge is 0.261 e. The van der Waals surface area contributed by atoms with Crippen molar-refractivity contribution in [2.24, 2.45) is 0 Å². The summed E-state index contributed by atoms with van der Waals surface area (Å²) in [6.07, 6.45) is 1.21. The third-order valence-corrected chi connectivity index (χ3v) is 6.23. The van der Waals surface area contributed by atoms with Crippen LogP contribution in [0, 0.1) is 0 Å². The molecule has 3 aromatic carbocycles. The second-order valence-electron chi connectivity index (χ2n) is 9.13. The van der Waals surface area contributed by atoms with E-state index in [1.807, 2.05) is 73.7 Å². The van der Waals surface area contributed by atoms with Gasteiger partial charge in [0, 0.05) is 24.5 Å². The number of para-hydroxylation sites is 1. The minimum atomic E-state index is -0.689. The van der Waals surface area contributed by atoms with Crippen molar-refractivity contribution < 1.29 is 14.3 Å². The molecule has 5 nitrogen and oxygen atoms in total. The summed E-state index contributed by atoms with van der Waals surface area (Å²) in [5.41, 5.74) is 2.90. The van der Waals surface area contributed by atoms with Gasteiger partial charge in [0.1, 0.15) is 11.8 Å². The van der Waals surface area contributed by atoms with E-state index >= 15 is 0 Å². The molecule has 1 unspecified atom stereocenters. The predicted molar refractivity (Wildman–Crippen MR) is 145 cm³/mol. The van der Waals surface area contributed by atoms with Crippen molar-refractivity contribution in [2.45, 2.75) is 52.1 Å². The summed E-state index contributed by atoms with van der Waals surface area (Å²) in [5.74, 6) is 0.510. The van der Waals surface area contributed by atoms with Gasteiger partial charge in [0.25, 0.3) is 5.91 Å². The number of carbonyl (C=O) groups is 2. The lowest BCUT2D eigenvalue weighted by atomic mass is 10.0. The molecule has 0 aliphatic rings.